The number of hydrogen-bond acceptors (Lipinski definition) is 4. The van der Waals surface area contributed by atoms with E-state index in [2.05, 4.69) is 0 Å². The maximum absolute atomic E-state index is 12.6. The Hall–Kier alpha value is -1.62. The van der Waals surface area contributed by atoms with Gasteiger partial charge in [0.2, 0.25) is 0 Å². The Morgan fingerprint density at radius 2 is 1.91 bits per heavy atom. The highest BCUT2D eigenvalue weighted by atomic mass is 16.5. The van der Waals surface area contributed by atoms with Crippen molar-refractivity contribution in [1.29, 1.82) is 0 Å². The number of nitrogens with one attached hydrogen (secondary N) is 1. The standard InChI is InChI=1S/C18H29NO4/c1-11(2)9-14-10-12(3)13(4)15(17(20)21)16(14)18(22)23-8-7-19(5)6/h9-10,13-16H,7-8H2,1-6H3,(H,20,21)/t13-,14-,15+,16+/m1/s1. The lowest BCUT2D eigenvalue weighted by molar-refractivity contribution is -0.858. The van der Waals surface area contributed by atoms with Crippen LogP contribution < -0.4 is 10.0 Å². The van der Waals surface area contributed by atoms with E-state index in [9.17, 15) is 14.7 Å². The van der Waals surface area contributed by atoms with Gasteiger partial charge < -0.3 is 19.5 Å². The SMILES string of the molecule is CC(C)=C[C@@H]1C=C(C)[C@@H](C)[C@H](C(=O)[O-])[C@H]1C(=O)OCC[NH+](C)C. The molecule has 0 saturated heterocycles. The largest absolute Gasteiger partial charge is 0.550 e. The topological polar surface area (TPSA) is 70.9 Å². The van der Waals surface area contributed by atoms with E-state index >= 15 is 0 Å². The highest BCUT2D eigenvalue weighted by Gasteiger charge is 2.42. The lowest BCUT2D eigenvalue weighted by atomic mass is 9.67. The van der Waals surface area contributed by atoms with Crippen LogP contribution in [-0.4, -0.2) is 39.2 Å². The molecule has 0 radical (unpaired) electrons. The van der Waals surface area contributed by atoms with Crippen LogP contribution in [0.3, 0.4) is 0 Å². The van der Waals surface area contributed by atoms with Crippen molar-refractivity contribution >= 4 is 11.9 Å². The summed E-state index contributed by atoms with van der Waals surface area (Å²) in [7, 11) is 3.94. The summed E-state index contributed by atoms with van der Waals surface area (Å²) in [6, 6.07) is 0. The predicted molar refractivity (Wildman–Crippen MR) is 86.5 cm³/mol. The summed E-state index contributed by atoms with van der Waals surface area (Å²) in [5.41, 5.74) is 2.02. The first-order valence-corrected chi connectivity index (χ1v) is 8.15. The smallest absolute Gasteiger partial charge is 0.310 e. The van der Waals surface area contributed by atoms with Gasteiger partial charge in [0.15, 0.2) is 0 Å². The highest BCUT2D eigenvalue weighted by molar-refractivity contribution is 5.82. The van der Waals surface area contributed by atoms with Crippen molar-refractivity contribution < 1.29 is 24.3 Å². The average molecular weight is 323 g/mol. The lowest BCUT2D eigenvalue weighted by Gasteiger charge is -2.39. The summed E-state index contributed by atoms with van der Waals surface area (Å²) in [5.74, 6) is -3.72. The minimum Gasteiger partial charge on any atom is -0.550 e. The van der Waals surface area contributed by atoms with Crippen LogP contribution in [0.5, 0.6) is 0 Å². The summed E-state index contributed by atoms with van der Waals surface area (Å²) >= 11 is 0. The average Bonchev–Trinajstić information content (AvgIpc) is 2.40. The number of ether oxygens (including phenoxy) is 1. The zero-order valence-corrected chi connectivity index (χ0v) is 15.0. The van der Waals surface area contributed by atoms with Gasteiger partial charge in [-0.2, -0.15) is 0 Å². The van der Waals surface area contributed by atoms with Crippen LogP contribution in [0, 0.1) is 23.7 Å². The quantitative estimate of drug-likeness (QED) is 0.544. The summed E-state index contributed by atoms with van der Waals surface area (Å²) < 4.78 is 5.36. The van der Waals surface area contributed by atoms with Crippen molar-refractivity contribution in [1.82, 2.24) is 0 Å². The van der Waals surface area contributed by atoms with E-state index in [0.29, 0.717) is 6.54 Å². The Labute approximate surface area is 139 Å². The van der Waals surface area contributed by atoms with Crippen LogP contribution in [0.15, 0.2) is 23.3 Å². The van der Waals surface area contributed by atoms with Crippen LogP contribution in [0.2, 0.25) is 0 Å². The number of esters is 1. The van der Waals surface area contributed by atoms with Crippen molar-refractivity contribution in [3.63, 3.8) is 0 Å². The number of aliphatic carboxylic acids is 1. The minimum atomic E-state index is -1.18. The zero-order chi connectivity index (χ0) is 17.7. The molecule has 1 aliphatic rings. The molecule has 130 valence electrons. The van der Waals surface area contributed by atoms with Gasteiger partial charge in [0.05, 0.1) is 20.0 Å². The van der Waals surface area contributed by atoms with Crippen LogP contribution in [0.25, 0.3) is 0 Å². The molecule has 23 heavy (non-hydrogen) atoms. The fourth-order valence-electron chi connectivity index (χ4n) is 3.04. The first kappa shape index (κ1) is 19.4. The molecule has 0 bridgehead atoms. The van der Waals surface area contributed by atoms with Crippen LogP contribution >= 0.6 is 0 Å². The van der Waals surface area contributed by atoms with Gasteiger partial charge in [0.1, 0.15) is 13.2 Å². The number of rotatable bonds is 6. The third-order valence-corrected chi connectivity index (χ3v) is 4.43. The molecule has 0 aromatic rings. The number of carbonyl (C=O) groups excluding carboxylic acids is 2. The number of allylic oxidation sites excluding steroid dienone is 4. The van der Waals surface area contributed by atoms with Crippen LogP contribution in [-0.2, 0) is 14.3 Å². The normalized spacial score (nSPS) is 27.3. The second-order valence-corrected chi connectivity index (χ2v) is 7.02. The van der Waals surface area contributed by atoms with E-state index in [0.717, 1.165) is 11.1 Å². The molecule has 0 aliphatic heterocycles. The van der Waals surface area contributed by atoms with Gasteiger partial charge in [-0.05, 0) is 26.7 Å². The molecule has 0 unspecified atom stereocenters. The van der Waals surface area contributed by atoms with Gasteiger partial charge >= 0.3 is 5.97 Å². The predicted octanol–water partition coefficient (Wildman–Crippen LogP) is -0.165. The van der Waals surface area contributed by atoms with E-state index in [1.54, 1.807) is 0 Å². The number of hydrogen-bond donors (Lipinski definition) is 1. The molecule has 0 fully saturated rings. The zero-order valence-electron chi connectivity index (χ0n) is 15.0. The monoisotopic (exact) mass is 323 g/mol. The van der Waals surface area contributed by atoms with Crippen molar-refractivity contribution in [3.8, 4) is 0 Å². The summed E-state index contributed by atoms with van der Waals surface area (Å²) in [6.45, 7) is 8.58. The second-order valence-electron chi connectivity index (χ2n) is 7.02. The Morgan fingerprint density at radius 1 is 1.30 bits per heavy atom. The number of carboxylic acid groups (broad SMARTS) is 1. The highest BCUT2D eigenvalue weighted by Crippen LogP contribution is 2.39. The fraction of sp³-hybridized carbons (Fsp3) is 0.667. The van der Waals surface area contributed by atoms with Gasteiger partial charge in [0, 0.05) is 17.8 Å². The second kappa shape index (κ2) is 8.29. The maximum Gasteiger partial charge on any atom is 0.310 e. The number of carboxylic acids is 1. The maximum atomic E-state index is 12.6. The molecule has 5 heteroatoms. The molecular weight excluding hydrogens is 294 g/mol. The van der Waals surface area contributed by atoms with Gasteiger partial charge in [-0.1, -0.05) is 30.2 Å². The van der Waals surface area contributed by atoms with E-state index < -0.39 is 23.8 Å². The minimum absolute atomic E-state index is 0.237. The summed E-state index contributed by atoms with van der Waals surface area (Å²) in [4.78, 5) is 25.4. The number of carbonyl (C=O) groups is 2. The molecule has 1 N–H and O–H groups in total. The number of quaternary nitrogens is 1. The summed E-state index contributed by atoms with van der Waals surface area (Å²) in [6.07, 6.45) is 3.93. The molecule has 0 aromatic carbocycles. The summed E-state index contributed by atoms with van der Waals surface area (Å²) in [5, 5.41) is 11.7. The molecule has 0 spiro atoms. The molecule has 0 saturated carbocycles. The Morgan fingerprint density at radius 3 is 2.39 bits per heavy atom. The third kappa shape index (κ3) is 5.20. The molecule has 0 amide bonds. The van der Waals surface area contributed by atoms with Gasteiger partial charge in [-0.25, -0.2) is 0 Å². The van der Waals surface area contributed by atoms with Crippen LogP contribution in [0.1, 0.15) is 27.7 Å². The van der Waals surface area contributed by atoms with Gasteiger partial charge in [-0.3, -0.25) is 4.79 Å². The lowest BCUT2D eigenvalue weighted by Crippen LogP contribution is -3.06. The molecular formula is C18H29NO4. The first-order valence-electron chi connectivity index (χ1n) is 8.15. The van der Waals surface area contributed by atoms with E-state index in [-0.39, 0.29) is 18.4 Å². The molecule has 0 heterocycles. The van der Waals surface area contributed by atoms with Crippen LogP contribution in [0.4, 0.5) is 0 Å². The van der Waals surface area contributed by atoms with Crippen molar-refractivity contribution in [2.24, 2.45) is 23.7 Å². The molecule has 1 rings (SSSR count). The molecule has 1 aliphatic carbocycles. The Kier molecular flexibility index (Phi) is 7.01. The number of likely N-dealkylation sites (N-methyl/N-ethyl adjacent to an activating group) is 1. The Balaban J connectivity index is 3.09. The molecule has 4 atom stereocenters. The van der Waals surface area contributed by atoms with Gasteiger partial charge in [-0.15, -0.1) is 0 Å². The van der Waals surface area contributed by atoms with Gasteiger partial charge in [0.25, 0.3) is 0 Å². The fourth-order valence-corrected chi connectivity index (χ4v) is 3.04. The first-order chi connectivity index (χ1) is 10.6. The van der Waals surface area contributed by atoms with Crippen molar-refractivity contribution in [2.45, 2.75) is 27.7 Å². The van der Waals surface area contributed by atoms with Crippen molar-refractivity contribution in [2.75, 3.05) is 27.2 Å². The molecule has 5 nitrogen and oxygen atoms in total. The van der Waals surface area contributed by atoms with Crippen molar-refractivity contribution in [3.05, 3.63) is 23.3 Å². The van der Waals surface area contributed by atoms with E-state index in [1.807, 2.05) is 53.9 Å². The van der Waals surface area contributed by atoms with E-state index in [4.69, 9.17) is 4.74 Å². The Bertz CT molecular complexity index is 503. The third-order valence-electron chi connectivity index (χ3n) is 4.43. The van der Waals surface area contributed by atoms with E-state index in [1.165, 1.54) is 4.90 Å². The molecule has 0 aromatic heterocycles.